The van der Waals surface area contributed by atoms with Crippen molar-refractivity contribution in [1.82, 2.24) is 0 Å². The third-order valence-electron chi connectivity index (χ3n) is 4.51. The van der Waals surface area contributed by atoms with Crippen LogP contribution in [0.3, 0.4) is 0 Å². The van der Waals surface area contributed by atoms with Crippen LogP contribution in [0.4, 0.5) is 0 Å². The second-order valence-corrected chi connectivity index (χ2v) is 5.80. The highest BCUT2D eigenvalue weighted by atomic mass is 16.5. The molecule has 1 aliphatic rings. The fraction of sp³-hybridized carbons (Fsp3) is 0.625. The summed E-state index contributed by atoms with van der Waals surface area (Å²) in [4.78, 5) is 0. The molecule has 0 bridgehead atoms. The van der Waals surface area contributed by atoms with Gasteiger partial charge in [0.05, 0.1) is 13.2 Å². The number of aryl methyl sites for hydroxylation is 2. The van der Waals surface area contributed by atoms with Gasteiger partial charge in [0.2, 0.25) is 0 Å². The predicted octanol–water partition coefficient (Wildman–Crippen LogP) is 2.93. The van der Waals surface area contributed by atoms with Crippen LogP contribution in [0.1, 0.15) is 40.7 Å². The van der Waals surface area contributed by atoms with Gasteiger partial charge >= 0.3 is 0 Å². The second-order valence-electron chi connectivity index (χ2n) is 5.80. The molecule has 1 fully saturated rings. The zero-order valence-electron chi connectivity index (χ0n) is 12.1. The lowest BCUT2D eigenvalue weighted by Crippen LogP contribution is -2.48. The van der Waals surface area contributed by atoms with Crippen LogP contribution in [0.5, 0.6) is 0 Å². The molecule has 1 saturated heterocycles. The zero-order chi connectivity index (χ0) is 13.3. The Hall–Kier alpha value is -0.860. The molecule has 0 aromatic heterocycles. The number of benzene rings is 1. The molecule has 1 aromatic carbocycles. The van der Waals surface area contributed by atoms with Crippen LogP contribution >= 0.6 is 0 Å². The van der Waals surface area contributed by atoms with Crippen molar-refractivity contribution < 1.29 is 4.74 Å². The van der Waals surface area contributed by atoms with E-state index < -0.39 is 0 Å². The minimum Gasteiger partial charge on any atom is -0.379 e. The highest BCUT2D eigenvalue weighted by molar-refractivity contribution is 5.49. The van der Waals surface area contributed by atoms with E-state index in [1.807, 2.05) is 0 Å². The Balaban J connectivity index is 2.48. The summed E-state index contributed by atoms with van der Waals surface area (Å²) in [7, 11) is 0. The molecular weight excluding hydrogens is 222 g/mol. The molecule has 100 valence electrons. The minimum atomic E-state index is 0.227. The van der Waals surface area contributed by atoms with Gasteiger partial charge in [0, 0.05) is 5.41 Å². The second kappa shape index (κ2) is 5.02. The lowest BCUT2D eigenvalue weighted by Gasteiger charge is -2.44. The van der Waals surface area contributed by atoms with Crippen LogP contribution in [0.2, 0.25) is 0 Å². The van der Waals surface area contributed by atoms with Gasteiger partial charge in [-0.2, -0.15) is 0 Å². The van der Waals surface area contributed by atoms with Crippen molar-refractivity contribution in [2.24, 2.45) is 5.73 Å². The van der Waals surface area contributed by atoms with Crippen molar-refractivity contribution in [2.45, 2.75) is 46.0 Å². The smallest absolute Gasteiger partial charge is 0.0585 e. The summed E-state index contributed by atoms with van der Waals surface area (Å²) in [5, 5.41) is 0. The molecule has 2 heteroatoms. The predicted molar refractivity (Wildman–Crippen MR) is 76.2 cm³/mol. The van der Waals surface area contributed by atoms with Crippen molar-refractivity contribution in [2.75, 3.05) is 19.8 Å². The van der Waals surface area contributed by atoms with Crippen molar-refractivity contribution in [3.05, 3.63) is 33.9 Å². The SMILES string of the molecule is Cc1cc(C)c(C)c(C2(CCCN)COC2)c1C. The third kappa shape index (κ3) is 2.08. The zero-order valence-corrected chi connectivity index (χ0v) is 12.1. The summed E-state index contributed by atoms with van der Waals surface area (Å²) >= 11 is 0. The van der Waals surface area contributed by atoms with E-state index in [1.54, 1.807) is 0 Å². The molecule has 1 aliphatic heterocycles. The number of hydrogen-bond acceptors (Lipinski definition) is 2. The molecule has 1 aromatic rings. The van der Waals surface area contributed by atoms with Crippen molar-refractivity contribution >= 4 is 0 Å². The first-order chi connectivity index (χ1) is 8.52. The molecule has 2 rings (SSSR count). The van der Waals surface area contributed by atoms with Gasteiger partial charge in [-0.25, -0.2) is 0 Å². The summed E-state index contributed by atoms with van der Waals surface area (Å²) in [6.07, 6.45) is 2.23. The van der Waals surface area contributed by atoms with Crippen LogP contribution < -0.4 is 5.73 Å². The summed E-state index contributed by atoms with van der Waals surface area (Å²) < 4.78 is 5.54. The number of nitrogens with two attached hydrogens (primary N) is 1. The Bertz CT molecular complexity index is 421. The fourth-order valence-corrected chi connectivity index (χ4v) is 3.21. The largest absolute Gasteiger partial charge is 0.379 e. The Morgan fingerprint density at radius 2 is 1.67 bits per heavy atom. The topological polar surface area (TPSA) is 35.2 Å². The molecule has 2 N–H and O–H groups in total. The molecule has 0 atom stereocenters. The van der Waals surface area contributed by atoms with E-state index in [4.69, 9.17) is 10.5 Å². The van der Waals surface area contributed by atoms with Crippen LogP contribution in [0, 0.1) is 27.7 Å². The first kappa shape index (κ1) is 13.6. The first-order valence-corrected chi connectivity index (χ1v) is 6.87. The summed E-state index contributed by atoms with van der Waals surface area (Å²) in [5.41, 5.74) is 13.1. The molecule has 0 aliphatic carbocycles. The quantitative estimate of drug-likeness (QED) is 0.888. The molecule has 2 nitrogen and oxygen atoms in total. The van der Waals surface area contributed by atoms with Crippen LogP contribution in [-0.2, 0) is 10.2 Å². The fourth-order valence-electron chi connectivity index (χ4n) is 3.21. The molecule has 0 saturated carbocycles. The lowest BCUT2D eigenvalue weighted by atomic mass is 9.70. The Morgan fingerprint density at radius 1 is 1.11 bits per heavy atom. The van der Waals surface area contributed by atoms with Gasteiger partial charge in [0.1, 0.15) is 0 Å². The van der Waals surface area contributed by atoms with Crippen LogP contribution in [-0.4, -0.2) is 19.8 Å². The molecular formula is C16H25NO. The normalized spacial score (nSPS) is 17.6. The van der Waals surface area contributed by atoms with Gasteiger partial charge < -0.3 is 10.5 Å². The van der Waals surface area contributed by atoms with E-state index >= 15 is 0 Å². The van der Waals surface area contributed by atoms with Gasteiger partial charge in [0.15, 0.2) is 0 Å². The Kier molecular flexibility index (Phi) is 3.79. The minimum absolute atomic E-state index is 0.227. The van der Waals surface area contributed by atoms with Gasteiger partial charge in [-0.15, -0.1) is 0 Å². The van der Waals surface area contributed by atoms with E-state index in [-0.39, 0.29) is 5.41 Å². The highest BCUT2D eigenvalue weighted by Crippen LogP contribution is 2.41. The van der Waals surface area contributed by atoms with Crippen LogP contribution in [0.25, 0.3) is 0 Å². The monoisotopic (exact) mass is 247 g/mol. The highest BCUT2D eigenvalue weighted by Gasteiger charge is 2.42. The van der Waals surface area contributed by atoms with Gasteiger partial charge in [-0.3, -0.25) is 0 Å². The van der Waals surface area contributed by atoms with E-state index in [1.165, 1.54) is 27.8 Å². The summed E-state index contributed by atoms with van der Waals surface area (Å²) in [5.74, 6) is 0. The first-order valence-electron chi connectivity index (χ1n) is 6.87. The number of rotatable bonds is 4. The van der Waals surface area contributed by atoms with Gasteiger partial charge in [-0.05, 0) is 74.9 Å². The molecule has 18 heavy (non-hydrogen) atoms. The number of hydrogen-bond donors (Lipinski definition) is 1. The maximum absolute atomic E-state index is 5.69. The van der Waals surface area contributed by atoms with Crippen molar-refractivity contribution in [1.29, 1.82) is 0 Å². The van der Waals surface area contributed by atoms with E-state index in [2.05, 4.69) is 33.8 Å². The van der Waals surface area contributed by atoms with Crippen LogP contribution in [0.15, 0.2) is 6.07 Å². The molecule has 0 radical (unpaired) electrons. The molecule has 1 heterocycles. The van der Waals surface area contributed by atoms with E-state index in [0.717, 1.165) is 32.6 Å². The Morgan fingerprint density at radius 3 is 2.06 bits per heavy atom. The van der Waals surface area contributed by atoms with Gasteiger partial charge in [-0.1, -0.05) is 6.07 Å². The van der Waals surface area contributed by atoms with E-state index in [0.29, 0.717) is 0 Å². The average molecular weight is 247 g/mol. The van der Waals surface area contributed by atoms with Gasteiger partial charge in [0.25, 0.3) is 0 Å². The molecule has 0 spiro atoms. The summed E-state index contributed by atoms with van der Waals surface area (Å²) in [6.45, 7) is 11.4. The maximum Gasteiger partial charge on any atom is 0.0585 e. The maximum atomic E-state index is 5.69. The number of ether oxygens (including phenoxy) is 1. The van der Waals surface area contributed by atoms with E-state index in [9.17, 15) is 0 Å². The summed E-state index contributed by atoms with van der Waals surface area (Å²) in [6, 6.07) is 2.30. The third-order valence-corrected chi connectivity index (χ3v) is 4.51. The standard InChI is InChI=1S/C16H25NO/c1-11-8-12(2)14(4)15(13(11)3)16(6-5-7-17)9-18-10-16/h8H,5-7,9-10,17H2,1-4H3. The van der Waals surface area contributed by atoms with Crippen molar-refractivity contribution in [3.63, 3.8) is 0 Å². The molecule has 0 unspecified atom stereocenters. The Labute approximate surface area is 111 Å². The van der Waals surface area contributed by atoms with Crippen molar-refractivity contribution in [3.8, 4) is 0 Å². The average Bonchev–Trinajstić information content (AvgIpc) is 2.29. The lowest BCUT2D eigenvalue weighted by molar-refractivity contribution is -0.0655. The molecule has 0 amide bonds.